The van der Waals surface area contributed by atoms with Crippen molar-refractivity contribution in [3.05, 3.63) is 23.4 Å². The van der Waals surface area contributed by atoms with Gasteiger partial charge in [-0.2, -0.15) is 0 Å². The summed E-state index contributed by atoms with van der Waals surface area (Å²) in [4.78, 5) is 14.6. The van der Waals surface area contributed by atoms with Gasteiger partial charge in [-0.3, -0.25) is 4.79 Å². The second-order valence-electron chi connectivity index (χ2n) is 3.17. The van der Waals surface area contributed by atoms with E-state index in [1.54, 1.807) is 6.07 Å². The SMILES string of the molecule is CC(=O)NCC#Cc1cc(C)cc(N)n1. The van der Waals surface area contributed by atoms with Gasteiger partial charge >= 0.3 is 0 Å². The number of pyridine rings is 1. The average Bonchev–Trinajstić information content (AvgIpc) is 2.10. The Morgan fingerprint density at radius 1 is 1.60 bits per heavy atom. The van der Waals surface area contributed by atoms with E-state index in [-0.39, 0.29) is 5.91 Å². The highest BCUT2D eigenvalue weighted by Crippen LogP contribution is 2.04. The van der Waals surface area contributed by atoms with Gasteiger partial charge in [-0.25, -0.2) is 4.98 Å². The molecule has 0 aromatic carbocycles. The number of nitrogens with two attached hydrogens (primary N) is 1. The molecule has 0 radical (unpaired) electrons. The standard InChI is InChI=1S/C11H13N3O/c1-8-6-10(14-11(12)7-8)4-3-5-13-9(2)15/h6-7H,5H2,1-2H3,(H2,12,14)(H,13,15). The summed E-state index contributed by atoms with van der Waals surface area (Å²) in [7, 11) is 0. The van der Waals surface area contributed by atoms with Gasteiger partial charge in [0.15, 0.2) is 0 Å². The Morgan fingerprint density at radius 3 is 2.93 bits per heavy atom. The number of nitrogen functional groups attached to an aromatic ring is 1. The summed E-state index contributed by atoms with van der Waals surface area (Å²) in [5.41, 5.74) is 7.21. The highest BCUT2D eigenvalue weighted by Gasteiger charge is 1.93. The van der Waals surface area contributed by atoms with Crippen LogP contribution in [0.4, 0.5) is 5.82 Å². The quantitative estimate of drug-likeness (QED) is 0.651. The molecule has 0 fully saturated rings. The van der Waals surface area contributed by atoms with Crippen molar-refractivity contribution in [1.82, 2.24) is 10.3 Å². The minimum absolute atomic E-state index is 0.0963. The van der Waals surface area contributed by atoms with Crippen LogP contribution in [-0.4, -0.2) is 17.4 Å². The van der Waals surface area contributed by atoms with Crippen molar-refractivity contribution >= 4 is 11.7 Å². The van der Waals surface area contributed by atoms with Crippen LogP contribution in [-0.2, 0) is 4.79 Å². The fourth-order valence-corrected chi connectivity index (χ4v) is 1.06. The van der Waals surface area contributed by atoms with Gasteiger partial charge in [-0.15, -0.1) is 0 Å². The third kappa shape index (κ3) is 4.14. The zero-order chi connectivity index (χ0) is 11.3. The van der Waals surface area contributed by atoms with Gasteiger partial charge in [0.2, 0.25) is 5.91 Å². The van der Waals surface area contributed by atoms with Crippen molar-refractivity contribution in [2.24, 2.45) is 0 Å². The van der Waals surface area contributed by atoms with E-state index in [1.807, 2.05) is 13.0 Å². The van der Waals surface area contributed by atoms with Crippen LogP contribution in [0.1, 0.15) is 18.2 Å². The molecule has 78 valence electrons. The molecule has 0 saturated heterocycles. The summed E-state index contributed by atoms with van der Waals surface area (Å²) in [6, 6.07) is 3.62. The smallest absolute Gasteiger partial charge is 0.217 e. The first-order valence-electron chi connectivity index (χ1n) is 4.55. The second kappa shape index (κ2) is 5.01. The van der Waals surface area contributed by atoms with Crippen LogP contribution in [0.5, 0.6) is 0 Å². The molecule has 1 rings (SSSR count). The van der Waals surface area contributed by atoms with Crippen molar-refractivity contribution in [3.63, 3.8) is 0 Å². The molecule has 1 aromatic heterocycles. The second-order valence-corrected chi connectivity index (χ2v) is 3.17. The maximum absolute atomic E-state index is 10.5. The predicted octanol–water partition coefficient (Wildman–Crippen LogP) is 0.460. The fourth-order valence-electron chi connectivity index (χ4n) is 1.06. The van der Waals surface area contributed by atoms with Gasteiger partial charge in [-0.1, -0.05) is 5.92 Å². The van der Waals surface area contributed by atoms with Gasteiger partial charge < -0.3 is 11.1 Å². The van der Waals surface area contributed by atoms with Crippen LogP contribution in [0.3, 0.4) is 0 Å². The third-order valence-corrected chi connectivity index (χ3v) is 1.63. The average molecular weight is 203 g/mol. The molecule has 3 N–H and O–H groups in total. The highest BCUT2D eigenvalue weighted by molar-refractivity contribution is 5.73. The Hall–Kier alpha value is -2.02. The lowest BCUT2D eigenvalue weighted by atomic mass is 10.2. The largest absolute Gasteiger partial charge is 0.384 e. The van der Waals surface area contributed by atoms with Crippen molar-refractivity contribution in [3.8, 4) is 11.8 Å². The molecule has 1 heterocycles. The number of anilines is 1. The Bertz CT molecular complexity index is 409. The summed E-state index contributed by atoms with van der Waals surface area (Å²) >= 11 is 0. The van der Waals surface area contributed by atoms with Gasteiger partial charge in [0, 0.05) is 6.92 Å². The molecule has 0 aliphatic carbocycles. The molecule has 4 nitrogen and oxygen atoms in total. The van der Waals surface area contributed by atoms with Crippen LogP contribution in [0.15, 0.2) is 12.1 Å². The van der Waals surface area contributed by atoms with Crippen LogP contribution >= 0.6 is 0 Å². The Balaban J connectivity index is 2.67. The molecule has 0 aliphatic heterocycles. The molecule has 0 spiro atoms. The first-order valence-corrected chi connectivity index (χ1v) is 4.55. The summed E-state index contributed by atoms with van der Waals surface area (Å²) in [6.45, 7) is 3.70. The summed E-state index contributed by atoms with van der Waals surface area (Å²) in [5.74, 6) is 5.97. The van der Waals surface area contributed by atoms with E-state index in [1.165, 1.54) is 6.92 Å². The van der Waals surface area contributed by atoms with Crippen molar-refractivity contribution in [2.45, 2.75) is 13.8 Å². The van der Waals surface area contributed by atoms with E-state index in [9.17, 15) is 4.79 Å². The normalized spacial score (nSPS) is 8.93. The zero-order valence-corrected chi connectivity index (χ0v) is 8.79. The van der Waals surface area contributed by atoms with Gasteiger partial charge in [0.1, 0.15) is 11.5 Å². The predicted molar refractivity (Wildman–Crippen MR) is 58.9 cm³/mol. The molecule has 0 aliphatic rings. The molecule has 1 amide bonds. The van der Waals surface area contributed by atoms with E-state index in [2.05, 4.69) is 22.1 Å². The first-order chi connectivity index (χ1) is 7.08. The van der Waals surface area contributed by atoms with E-state index in [4.69, 9.17) is 5.73 Å². The maximum atomic E-state index is 10.5. The van der Waals surface area contributed by atoms with E-state index in [0.717, 1.165) is 5.56 Å². The van der Waals surface area contributed by atoms with Crippen molar-refractivity contribution in [2.75, 3.05) is 12.3 Å². The number of nitrogens with one attached hydrogen (secondary N) is 1. The first kappa shape index (κ1) is 11.1. The molecule has 1 aromatic rings. The van der Waals surface area contributed by atoms with Gasteiger partial charge in [-0.05, 0) is 30.5 Å². The van der Waals surface area contributed by atoms with E-state index < -0.39 is 0 Å². The number of hydrogen-bond acceptors (Lipinski definition) is 3. The summed E-state index contributed by atoms with van der Waals surface area (Å²) in [6.07, 6.45) is 0. The minimum Gasteiger partial charge on any atom is -0.384 e. The molecule has 0 saturated carbocycles. The topological polar surface area (TPSA) is 68.0 Å². The van der Waals surface area contributed by atoms with Gasteiger partial charge in [0.25, 0.3) is 0 Å². The minimum atomic E-state index is -0.0963. The lowest BCUT2D eigenvalue weighted by Crippen LogP contribution is -2.19. The van der Waals surface area contributed by atoms with Crippen LogP contribution in [0.25, 0.3) is 0 Å². The molecule has 0 bridgehead atoms. The fraction of sp³-hybridized carbons (Fsp3) is 0.273. The molecule has 15 heavy (non-hydrogen) atoms. The van der Waals surface area contributed by atoms with Gasteiger partial charge in [0.05, 0.1) is 6.54 Å². The van der Waals surface area contributed by atoms with Crippen molar-refractivity contribution < 1.29 is 4.79 Å². The van der Waals surface area contributed by atoms with Crippen LogP contribution < -0.4 is 11.1 Å². The molecule has 0 unspecified atom stereocenters. The third-order valence-electron chi connectivity index (χ3n) is 1.63. The monoisotopic (exact) mass is 203 g/mol. The lowest BCUT2D eigenvalue weighted by Gasteiger charge is -1.96. The number of amides is 1. The number of carbonyl (C=O) groups is 1. The van der Waals surface area contributed by atoms with Crippen LogP contribution in [0, 0.1) is 18.8 Å². The number of hydrogen-bond donors (Lipinski definition) is 2. The number of carbonyl (C=O) groups excluding carboxylic acids is 1. The molecule has 0 atom stereocenters. The summed E-state index contributed by atoms with van der Waals surface area (Å²) in [5, 5.41) is 2.57. The maximum Gasteiger partial charge on any atom is 0.217 e. The van der Waals surface area contributed by atoms with Crippen molar-refractivity contribution in [1.29, 1.82) is 0 Å². The zero-order valence-electron chi connectivity index (χ0n) is 8.79. The summed E-state index contributed by atoms with van der Waals surface area (Å²) < 4.78 is 0. The molecule has 4 heteroatoms. The number of nitrogens with zero attached hydrogens (tertiary/aromatic N) is 1. The number of aromatic nitrogens is 1. The van der Waals surface area contributed by atoms with E-state index in [0.29, 0.717) is 18.1 Å². The number of rotatable bonds is 1. The molecular formula is C11H13N3O. The highest BCUT2D eigenvalue weighted by atomic mass is 16.1. The Labute approximate surface area is 88.9 Å². The Kier molecular flexibility index (Phi) is 3.69. The lowest BCUT2D eigenvalue weighted by molar-refractivity contribution is -0.118. The van der Waals surface area contributed by atoms with E-state index >= 15 is 0 Å². The number of aryl methyl sites for hydroxylation is 1. The molecular weight excluding hydrogens is 190 g/mol. The van der Waals surface area contributed by atoms with Crippen LogP contribution in [0.2, 0.25) is 0 Å². The Morgan fingerprint density at radius 2 is 2.33 bits per heavy atom.